The van der Waals surface area contributed by atoms with Crippen molar-refractivity contribution >= 4 is 16.6 Å². The van der Waals surface area contributed by atoms with E-state index in [2.05, 4.69) is 32.9 Å². The van der Waals surface area contributed by atoms with E-state index in [4.69, 9.17) is 4.98 Å². The van der Waals surface area contributed by atoms with Crippen molar-refractivity contribution in [2.75, 3.05) is 19.0 Å². The van der Waals surface area contributed by atoms with Crippen LogP contribution in [0.5, 0.6) is 0 Å². The number of nitrogens with zero attached hydrogens (tertiary/aromatic N) is 3. The fourth-order valence-electron chi connectivity index (χ4n) is 3.55. The maximum absolute atomic E-state index is 13.5. The second-order valence-corrected chi connectivity index (χ2v) is 8.11. The van der Waals surface area contributed by atoms with E-state index in [1.54, 1.807) is 0 Å². The average molecular weight is 349 g/mol. The molecule has 0 amide bonds. The van der Waals surface area contributed by atoms with Crippen molar-refractivity contribution in [3.63, 3.8) is 0 Å². The van der Waals surface area contributed by atoms with Crippen LogP contribution in [-0.2, 0) is 0 Å². The summed E-state index contributed by atoms with van der Waals surface area (Å²) < 4.78 is 1.86. The van der Waals surface area contributed by atoms with Gasteiger partial charge in [-0.05, 0) is 36.1 Å². The Balaban J connectivity index is 2.33. The van der Waals surface area contributed by atoms with Gasteiger partial charge in [0.15, 0.2) is 0 Å². The van der Waals surface area contributed by atoms with Gasteiger partial charge in [-0.1, -0.05) is 51.1 Å². The first-order valence-electron chi connectivity index (χ1n) is 8.95. The molecule has 0 saturated heterocycles. The summed E-state index contributed by atoms with van der Waals surface area (Å²) in [6.07, 6.45) is 0. The van der Waals surface area contributed by atoms with Gasteiger partial charge in [0.25, 0.3) is 5.56 Å². The molecule has 1 heterocycles. The predicted molar refractivity (Wildman–Crippen MR) is 109 cm³/mol. The second-order valence-electron chi connectivity index (χ2n) is 8.11. The number of aryl methyl sites for hydroxylation is 1. The zero-order chi connectivity index (χ0) is 19.1. The van der Waals surface area contributed by atoms with Gasteiger partial charge in [-0.25, -0.2) is 4.98 Å². The van der Waals surface area contributed by atoms with Crippen LogP contribution >= 0.6 is 0 Å². The van der Waals surface area contributed by atoms with Crippen LogP contribution < -0.4 is 10.5 Å². The number of hydrogen-bond donors (Lipinski definition) is 0. The molecule has 0 radical (unpaired) electrons. The van der Waals surface area contributed by atoms with Crippen molar-refractivity contribution in [1.29, 1.82) is 0 Å². The summed E-state index contributed by atoms with van der Waals surface area (Å²) in [7, 11) is 3.95. The summed E-state index contributed by atoms with van der Waals surface area (Å²) in [5.41, 5.74) is 2.74. The van der Waals surface area contributed by atoms with E-state index < -0.39 is 0 Å². The SMILES string of the molecule is Cc1nc2ccc(N(C)C)cc2c(=O)n1C(c1ccccc1)C(C)(C)C. The summed E-state index contributed by atoms with van der Waals surface area (Å²) in [5, 5.41) is 0.659. The maximum atomic E-state index is 13.5. The highest BCUT2D eigenvalue weighted by Crippen LogP contribution is 2.36. The lowest BCUT2D eigenvalue weighted by Gasteiger charge is -2.34. The van der Waals surface area contributed by atoms with Gasteiger partial charge < -0.3 is 4.90 Å². The Morgan fingerprint density at radius 3 is 2.27 bits per heavy atom. The molecular weight excluding hydrogens is 322 g/mol. The largest absolute Gasteiger partial charge is 0.378 e. The van der Waals surface area contributed by atoms with Gasteiger partial charge in [0.05, 0.1) is 16.9 Å². The number of hydrogen-bond acceptors (Lipinski definition) is 3. The van der Waals surface area contributed by atoms with Gasteiger partial charge in [-0.3, -0.25) is 9.36 Å². The Labute approximate surface area is 155 Å². The quantitative estimate of drug-likeness (QED) is 0.703. The van der Waals surface area contributed by atoms with Crippen LogP contribution in [0.4, 0.5) is 5.69 Å². The van der Waals surface area contributed by atoms with E-state index in [0.717, 1.165) is 22.6 Å². The fraction of sp³-hybridized carbons (Fsp3) is 0.364. The van der Waals surface area contributed by atoms with Crippen LogP contribution in [0.1, 0.15) is 38.2 Å². The van der Waals surface area contributed by atoms with Gasteiger partial charge in [-0.15, -0.1) is 0 Å². The van der Waals surface area contributed by atoms with Crippen molar-refractivity contribution in [3.05, 3.63) is 70.3 Å². The third-order valence-corrected chi connectivity index (χ3v) is 4.77. The maximum Gasteiger partial charge on any atom is 0.262 e. The first-order chi connectivity index (χ1) is 12.2. The number of rotatable bonds is 3. The third kappa shape index (κ3) is 3.24. The minimum atomic E-state index is -0.134. The molecule has 3 rings (SSSR count). The molecule has 1 atom stereocenters. The minimum Gasteiger partial charge on any atom is -0.378 e. The van der Waals surface area contributed by atoms with E-state index in [-0.39, 0.29) is 17.0 Å². The van der Waals surface area contributed by atoms with Crippen LogP contribution in [0.3, 0.4) is 0 Å². The molecule has 26 heavy (non-hydrogen) atoms. The molecule has 4 nitrogen and oxygen atoms in total. The zero-order valence-electron chi connectivity index (χ0n) is 16.4. The van der Waals surface area contributed by atoms with Crippen molar-refractivity contribution in [1.82, 2.24) is 9.55 Å². The van der Waals surface area contributed by atoms with Gasteiger partial charge in [0.1, 0.15) is 5.82 Å². The molecule has 0 fully saturated rings. The topological polar surface area (TPSA) is 38.1 Å². The fourth-order valence-corrected chi connectivity index (χ4v) is 3.55. The van der Waals surface area contributed by atoms with Crippen LogP contribution in [0.25, 0.3) is 10.9 Å². The van der Waals surface area contributed by atoms with Gasteiger partial charge in [-0.2, -0.15) is 0 Å². The van der Waals surface area contributed by atoms with Gasteiger partial charge >= 0.3 is 0 Å². The molecule has 0 aliphatic rings. The molecule has 1 aromatic heterocycles. The lowest BCUT2D eigenvalue weighted by atomic mass is 9.82. The van der Waals surface area contributed by atoms with E-state index in [0.29, 0.717) is 5.39 Å². The molecule has 0 saturated carbocycles. The van der Waals surface area contributed by atoms with Crippen molar-refractivity contribution < 1.29 is 0 Å². The molecule has 3 aromatic rings. The summed E-state index contributed by atoms with van der Waals surface area (Å²) >= 11 is 0. The minimum absolute atomic E-state index is 0.0139. The van der Waals surface area contributed by atoms with E-state index in [1.807, 2.05) is 66.9 Å². The number of fused-ring (bicyclic) bond motifs is 1. The van der Waals surface area contributed by atoms with Crippen LogP contribution in [0, 0.1) is 12.3 Å². The molecule has 0 aliphatic carbocycles. The highest BCUT2D eigenvalue weighted by molar-refractivity contribution is 5.81. The second kappa shape index (κ2) is 6.60. The predicted octanol–water partition coefficient (Wildman–Crippen LogP) is 4.41. The molecule has 0 bridgehead atoms. The first-order valence-corrected chi connectivity index (χ1v) is 8.95. The highest BCUT2D eigenvalue weighted by Gasteiger charge is 2.30. The molecule has 0 N–H and O–H groups in total. The summed E-state index contributed by atoms with van der Waals surface area (Å²) in [5.74, 6) is 0.740. The zero-order valence-corrected chi connectivity index (χ0v) is 16.4. The third-order valence-electron chi connectivity index (χ3n) is 4.77. The van der Waals surface area contributed by atoms with E-state index in [1.165, 1.54) is 0 Å². The lowest BCUT2D eigenvalue weighted by molar-refractivity contribution is 0.273. The number of benzene rings is 2. The van der Waals surface area contributed by atoms with Crippen LogP contribution in [0.2, 0.25) is 0 Å². The smallest absolute Gasteiger partial charge is 0.262 e. The average Bonchev–Trinajstić information content (AvgIpc) is 2.57. The van der Waals surface area contributed by atoms with Crippen molar-refractivity contribution in [2.24, 2.45) is 5.41 Å². The normalized spacial score (nSPS) is 13.0. The van der Waals surface area contributed by atoms with Crippen LogP contribution in [-0.4, -0.2) is 23.6 Å². The molecule has 0 aliphatic heterocycles. The van der Waals surface area contributed by atoms with E-state index in [9.17, 15) is 4.79 Å². The van der Waals surface area contributed by atoms with Crippen molar-refractivity contribution in [3.8, 4) is 0 Å². The molecular formula is C22H27N3O. The van der Waals surface area contributed by atoms with Crippen LogP contribution in [0.15, 0.2) is 53.3 Å². The summed E-state index contributed by atoms with van der Waals surface area (Å²) in [4.78, 5) is 20.2. The van der Waals surface area contributed by atoms with Gasteiger partial charge in [0, 0.05) is 19.8 Å². The Bertz CT molecular complexity index is 982. The molecule has 136 valence electrons. The van der Waals surface area contributed by atoms with Crippen molar-refractivity contribution in [2.45, 2.75) is 33.7 Å². The Morgan fingerprint density at radius 2 is 1.69 bits per heavy atom. The lowest BCUT2D eigenvalue weighted by Crippen LogP contribution is -2.35. The summed E-state index contributed by atoms with van der Waals surface area (Å²) in [6.45, 7) is 8.41. The molecule has 4 heteroatoms. The summed E-state index contributed by atoms with van der Waals surface area (Å²) in [6, 6.07) is 16.0. The number of anilines is 1. The standard InChI is InChI=1S/C22H27N3O/c1-15-23-19-13-12-17(24(5)6)14-18(19)21(26)25(15)20(22(2,3)4)16-10-8-7-9-11-16/h7-14,20H,1-6H3. The Morgan fingerprint density at radius 1 is 1.04 bits per heavy atom. The molecule has 2 aromatic carbocycles. The molecule has 1 unspecified atom stereocenters. The highest BCUT2D eigenvalue weighted by atomic mass is 16.1. The van der Waals surface area contributed by atoms with Gasteiger partial charge in [0.2, 0.25) is 0 Å². The first kappa shape index (κ1) is 18.2. The monoisotopic (exact) mass is 349 g/mol. The Kier molecular flexibility index (Phi) is 4.61. The molecule has 0 spiro atoms. The number of aromatic nitrogens is 2. The van der Waals surface area contributed by atoms with E-state index >= 15 is 0 Å². The Hall–Kier alpha value is -2.62.